The third kappa shape index (κ3) is 5.00. The second-order valence-electron chi connectivity index (χ2n) is 6.87. The van der Waals surface area contributed by atoms with Crippen LogP contribution in [0.1, 0.15) is 13.8 Å². The van der Waals surface area contributed by atoms with Gasteiger partial charge in [0.05, 0.1) is 4.90 Å². The maximum absolute atomic E-state index is 12.6. The Morgan fingerprint density at radius 2 is 1.93 bits per heavy atom. The van der Waals surface area contributed by atoms with Gasteiger partial charge in [-0.2, -0.15) is 0 Å². The molecule has 30 heavy (non-hydrogen) atoms. The van der Waals surface area contributed by atoms with Gasteiger partial charge in [-0.3, -0.25) is 10.1 Å². The largest absolute Gasteiger partial charge is 0.480 e. The molecule has 2 atom stereocenters. The average molecular weight is 497 g/mol. The van der Waals surface area contributed by atoms with Crippen molar-refractivity contribution in [3.63, 3.8) is 0 Å². The molecule has 2 aromatic carbocycles. The maximum atomic E-state index is 12.6. The molecule has 10 heteroatoms. The van der Waals surface area contributed by atoms with Gasteiger partial charge in [-0.15, -0.1) is 0 Å². The Morgan fingerprint density at radius 3 is 2.60 bits per heavy atom. The monoisotopic (exact) mass is 496 g/mol. The van der Waals surface area contributed by atoms with Crippen LogP contribution in [0.4, 0.5) is 10.5 Å². The van der Waals surface area contributed by atoms with E-state index in [9.17, 15) is 18.9 Å². The van der Waals surface area contributed by atoms with Crippen molar-refractivity contribution >= 4 is 66.6 Å². The first kappa shape index (κ1) is 22.3. The number of rotatable bonds is 8. The van der Waals surface area contributed by atoms with Crippen molar-refractivity contribution < 1.29 is 28.1 Å². The Labute approximate surface area is 183 Å². The lowest BCUT2D eigenvalue weighted by Gasteiger charge is -2.17. The van der Waals surface area contributed by atoms with E-state index in [1.807, 2.05) is 0 Å². The van der Waals surface area contributed by atoms with E-state index < -0.39 is 29.1 Å². The van der Waals surface area contributed by atoms with Gasteiger partial charge < -0.3 is 14.3 Å². The quantitative estimate of drug-likeness (QED) is 0.401. The molecule has 0 fully saturated rings. The van der Waals surface area contributed by atoms with Gasteiger partial charge in [-0.25, -0.2) is 13.7 Å². The molecule has 0 aliphatic rings. The van der Waals surface area contributed by atoms with E-state index in [0.29, 0.717) is 27.1 Å². The van der Waals surface area contributed by atoms with E-state index in [-0.39, 0.29) is 12.5 Å². The van der Waals surface area contributed by atoms with Crippen LogP contribution in [0.15, 0.2) is 45.7 Å². The number of aliphatic carboxylic acids is 1. The van der Waals surface area contributed by atoms with Gasteiger partial charge in [0.25, 0.3) is 0 Å². The molecule has 8 nitrogen and oxygen atoms in total. The fourth-order valence-corrected chi connectivity index (χ4v) is 4.20. The molecule has 0 bridgehead atoms. The minimum absolute atomic E-state index is 0.228. The van der Waals surface area contributed by atoms with Crippen LogP contribution in [0.25, 0.3) is 21.9 Å². The molecule has 3 aromatic rings. The molecular weight excluding hydrogens is 476 g/mol. The number of furan rings is 1. The lowest BCUT2D eigenvalue weighted by Crippen LogP contribution is -2.41. The van der Waals surface area contributed by atoms with Crippen molar-refractivity contribution in [1.29, 1.82) is 0 Å². The first-order chi connectivity index (χ1) is 14.3. The van der Waals surface area contributed by atoms with Crippen LogP contribution >= 0.6 is 15.9 Å². The lowest BCUT2D eigenvalue weighted by atomic mass is 10.1. The Hall–Kier alpha value is -2.43. The minimum Gasteiger partial charge on any atom is -0.480 e. The van der Waals surface area contributed by atoms with Gasteiger partial charge >= 0.3 is 12.1 Å². The predicted octanol–water partition coefficient (Wildman–Crippen LogP) is 4.25. The highest BCUT2D eigenvalue weighted by molar-refractivity contribution is 9.09. The topological polar surface area (TPSA) is 118 Å². The van der Waals surface area contributed by atoms with Crippen LogP contribution in [-0.2, 0) is 20.5 Å². The van der Waals surface area contributed by atoms with Crippen molar-refractivity contribution in [2.24, 2.45) is 5.92 Å². The smallest absolute Gasteiger partial charge is 0.411 e. The van der Waals surface area contributed by atoms with Gasteiger partial charge in [-0.05, 0) is 42.3 Å². The number of ether oxygens (including phenoxy) is 1. The summed E-state index contributed by atoms with van der Waals surface area (Å²) in [5, 5.41) is 14.1. The van der Waals surface area contributed by atoms with Crippen LogP contribution in [0.2, 0.25) is 0 Å². The van der Waals surface area contributed by atoms with E-state index in [1.165, 1.54) is 0 Å². The summed E-state index contributed by atoms with van der Waals surface area (Å²) >= 11 is 3.19. The lowest BCUT2D eigenvalue weighted by molar-refractivity contribution is -0.140. The molecule has 3 rings (SSSR count). The number of carboxylic acids is 1. The zero-order chi connectivity index (χ0) is 21.8. The second kappa shape index (κ2) is 9.59. The molecule has 1 aromatic heterocycles. The molecule has 0 aliphatic heterocycles. The molecule has 0 radical (unpaired) electrons. The molecule has 0 saturated heterocycles. The van der Waals surface area contributed by atoms with E-state index in [4.69, 9.17) is 9.15 Å². The van der Waals surface area contributed by atoms with Crippen LogP contribution < -0.4 is 10.0 Å². The van der Waals surface area contributed by atoms with Gasteiger partial charge in [0, 0.05) is 21.8 Å². The number of benzene rings is 2. The molecule has 0 aliphatic carbocycles. The van der Waals surface area contributed by atoms with E-state index in [1.54, 1.807) is 50.2 Å². The molecule has 0 saturated carbocycles. The Kier molecular flexibility index (Phi) is 7.11. The standard InChI is InChI=1S/C20H21BrN2O6S/c1-11(2)18(19(24)25)23-30(27)13-4-5-14-15-9-12(22-20(26)28-8-7-21)3-6-16(15)29-17(14)10-13/h3-6,9-11,18,23H,7-8H2,1-2H3,(H,22,26)(H,24,25). The van der Waals surface area contributed by atoms with Crippen molar-refractivity contribution in [2.45, 2.75) is 24.8 Å². The summed E-state index contributed by atoms with van der Waals surface area (Å²) in [6.07, 6.45) is -0.552. The SMILES string of the molecule is CC(C)C(NS(=O)c1ccc2c(c1)oc1ccc(NC(=O)OCCBr)cc12)C(=O)O. The number of alkyl halides is 1. The highest BCUT2D eigenvalue weighted by atomic mass is 79.9. The van der Waals surface area contributed by atoms with Gasteiger partial charge in [0.2, 0.25) is 0 Å². The summed E-state index contributed by atoms with van der Waals surface area (Å²) in [6.45, 7) is 3.75. The average Bonchev–Trinajstić information content (AvgIpc) is 3.06. The fourth-order valence-electron chi connectivity index (χ4n) is 2.89. The van der Waals surface area contributed by atoms with Crippen molar-refractivity contribution in [2.75, 3.05) is 17.3 Å². The van der Waals surface area contributed by atoms with Crippen LogP contribution in [-0.4, -0.2) is 39.4 Å². The maximum Gasteiger partial charge on any atom is 0.411 e. The second-order valence-corrected chi connectivity index (χ2v) is 8.90. The number of fused-ring (bicyclic) bond motifs is 3. The summed E-state index contributed by atoms with van der Waals surface area (Å²) in [6, 6.07) is 9.29. The number of halogens is 1. The van der Waals surface area contributed by atoms with Crippen LogP contribution in [0.3, 0.4) is 0 Å². The summed E-state index contributed by atoms with van der Waals surface area (Å²) in [5.74, 6) is -1.29. The number of carbonyl (C=O) groups is 2. The summed E-state index contributed by atoms with van der Waals surface area (Å²) in [7, 11) is -1.72. The minimum atomic E-state index is -1.72. The number of hydrogen-bond donors (Lipinski definition) is 3. The number of nitrogens with one attached hydrogen (secondary N) is 2. The molecule has 1 amide bonds. The molecule has 2 unspecified atom stereocenters. The molecule has 0 spiro atoms. The van der Waals surface area contributed by atoms with E-state index >= 15 is 0 Å². The van der Waals surface area contributed by atoms with Crippen LogP contribution in [0.5, 0.6) is 0 Å². The molecule has 1 heterocycles. The number of anilines is 1. The van der Waals surface area contributed by atoms with Gasteiger partial charge in [0.1, 0.15) is 34.8 Å². The zero-order valence-electron chi connectivity index (χ0n) is 16.3. The van der Waals surface area contributed by atoms with E-state index in [0.717, 1.165) is 10.8 Å². The van der Waals surface area contributed by atoms with Crippen molar-refractivity contribution in [1.82, 2.24) is 4.72 Å². The Balaban J connectivity index is 1.86. The molecule has 3 N–H and O–H groups in total. The number of carbonyl (C=O) groups excluding carboxylic acids is 1. The highest BCUT2D eigenvalue weighted by Gasteiger charge is 2.24. The third-order valence-corrected chi connectivity index (χ3v) is 5.85. The van der Waals surface area contributed by atoms with Gasteiger partial charge in [0.15, 0.2) is 0 Å². The van der Waals surface area contributed by atoms with Crippen molar-refractivity contribution in [3.8, 4) is 0 Å². The Morgan fingerprint density at radius 1 is 1.17 bits per heavy atom. The Bertz CT molecular complexity index is 1110. The normalized spacial score (nSPS) is 13.5. The summed E-state index contributed by atoms with van der Waals surface area (Å²) in [5.41, 5.74) is 1.67. The number of amides is 1. The summed E-state index contributed by atoms with van der Waals surface area (Å²) in [4.78, 5) is 23.5. The fraction of sp³-hybridized carbons (Fsp3) is 0.300. The third-order valence-electron chi connectivity index (χ3n) is 4.38. The van der Waals surface area contributed by atoms with Crippen molar-refractivity contribution in [3.05, 3.63) is 36.4 Å². The highest BCUT2D eigenvalue weighted by Crippen LogP contribution is 2.32. The van der Waals surface area contributed by atoms with Crippen LogP contribution in [0, 0.1) is 5.92 Å². The zero-order valence-corrected chi connectivity index (χ0v) is 18.7. The van der Waals surface area contributed by atoms with Gasteiger partial charge in [-0.1, -0.05) is 29.8 Å². The van der Waals surface area contributed by atoms with E-state index in [2.05, 4.69) is 26.0 Å². The first-order valence-corrected chi connectivity index (χ1v) is 11.4. The number of carboxylic acid groups (broad SMARTS) is 1. The number of hydrogen-bond acceptors (Lipinski definition) is 5. The predicted molar refractivity (Wildman–Crippen MR) is 118 cm³/mol. The molecular formula is C20H21BrN2O6S. The summed E-state index contributed by atoms with van der Waals surface area (Å²) < 4.78 is 26.1. The molecule has 160 valence electrons. The first-order valence-electron chi connectivity index (χ1n) is 9.17.